The second-order valence-corrected chi connectivity index (χ2v) is 11.3. The minimum atomic E-state index is -1.64. The number of aryl methyl sites for hydroxylation is 2. The molecule has 5 heteroatoms. The molecule has 0 aliphatic heterocycles. The zero-order valence-corrected chi connectivity index (χ0v) is 21.5. The number of halogens is 3. The standard InChI is InChI=1S/C21H31Si.3ClH.Ti/c1-6-8-13-22(5,20-15-17(3)14-18(4)16-20)21-12-9-11-19(21)10-7-2;;;;/h11,14-16H,6-10,13H2,1-5H3;3*1H;/q-1;;;;+4/p-3. The first kappa shape index (κ1) is 31.2. The Labute approximate surface area is 195 Å². The van der Waals surface area contributed by atoms with Crippen LogP contribution in [-0.4, -0.2) is 8.07 Å². The zero-order chi connectivity index (χ0) is 16.2. The van der Waals surface area contributed by atoms with E-state index in [2.05, 4.69) is 64.6 Å². The minimum Gasteiger partial charge on any atom is -1.00 e. The molecule has 0 fully saturated rings. The molecule has 0 saturated carbocycles. The minimum absolute atomic E-state index is 0. The second kappa shape index (κ2) is 14.5. The number of unbranched alkanes of at least 4 members (excludes halogenated alkanes) is 1. The van der Waals surface area contributed by atoms with Crippen molar-refractivity contribution in [3.05, 3.63) is 52.2 Å². The molecule has 144 valence electrons. The van der Waals surface area contributed by atoms with E-state index in [1.165, 1.54) is 42.9 Å². The van der Waals surface area contributed by atoms with Gasteiger partial charge >= 0.3 is 21.7 Å². The summed E-state index contributed by atoms with van der Waals surface area (Å²) in [5.74, 6) is 0. The third kappa shape index (κ3) is 7.49. The molecule has 0 aromatic heterocycles. The SMILES string of the molecule is CCCC[Si](C)(C1=[C-]CC=C1CCC)c1cc(C)cc(C)c1.[Cl-].[Cl-].[Cl-].[Ti+4]. The van der Waals surface area contributed by atoms with E-state index >= 15 is 0 Å². The fraction of sp³-hybridized carbons (Fsp3) is 0.524. The Kier molecular flexibility index (Phi) is 17.4. The normalized spacial score (nSPS) is 14.5. The van der Waals surface area contributed by atoms with Crippen LogP contribution in [0.3, 0.4) is 0 Å². The number of hydrogen-bond donors (Lipinski definition) is 0. The van der Waals surface area contributed by atoms with E-state index in [9.17, 15) is 0 Å². The average Bonchev–Trinajstić information content (AvgIpc) is 2.93. The van der Waals surface area contributed by atoms with Gasteiger partial charge < -0.3 is 37.2 Å². The summed E-state index contributed by atoms with van der Waals surface area (Å²) < 4.78 is 0. The van der Waals surface area contributed by atoms with Crippen LogP contribution >= 0.6 is 0 Å². The molecule has 0 nitrogen and oxygen atoms in total. The van der Waals surface area contributed by atoms with Crippen molar-refractivity contribution in [3.8, 4) is 0 Å². The van der Waals surface area contributed by atoms with Crippen LogP contribution in [0.15, 0.2) is 35.0 Å². The van der Waals surface area contributed by atoms with Crippen LogP contribution in [0.5, 0.6) is 0 Å². The second-order valence-electron chi connectivity index (χ2n) is 7.05. The van der Waals surface area contributed by atoms with Gasteiger partial charge in [0.15, 0.2) is 0 Å². The van der Waals surface area contributed by atoms with E-state index in [1.54, 1.807) is 16.0 Å². The molecule has 1 aliphatic rings. The van der Waals surface area contributed by atoms with Crippen LogP contribution in [0.1, 0.15) is 57.1 Å². The number of allylic oxidation sites excluding steroid dienone is 4. The van der Waals surface area contributed by atoms with Gasteiger partial charge in [0.05, 0.1) is 8.07 Å². The van der Waals surface area contributed by atoms with Crippen molar-refractivity contribution >= 4 is 13.3 Å². The number of hydrogen-bond acceptors (Lipinski definition) is 0. The summed E-state index contributed by atoms with van der Waals surface area (Å²) >= 11 is 0. The van der Waals surface area contributed by atoms with Gasteiger partial charge in [-0.3, -0.25) is 6.08 Å². The van der Waals surface area contributed by atoms with Crippen molar-refractivity contribution < 1.29 is 58.9 Å². The van der Waals surface area contributed by atoms with Gasteiger partial charge in [0.1, 0.15) is 0 Å². The summed E-state index contributed by atoms with van der Waals surface area (Å²) in [5.41, 5.74) is 4.42. The van der Waals surface area contributed by atoms with Crippen LogP contribution < -0.4 is 42.4 Å². The van der Waals surface area contributed by atoms with Gasteiger partial charge in [-0.05, 0) is 13.8 Å². The van der Waals surface area contributed by atoms with Gasteiger partial charge in [-0.1, -0.05) is 86.6 Å². The van der Waals surface area contributed by atoms with Crippen molar-refractivity contribution in [2.75, 3.05) is 0 Å². The molecule has 26 heavy (non-hydrogen) atoms. The molecule has 0 amide bonds. The Hall–Kier alpha value is 0.501. The molecule has 0 heterocycles. The fourth-order valence-corrected chi connectivity index (χ4v) is 8.18. The molecular formula is C21H31Cl3SiTi. The Morgan fingerprint density at radius 3 is 2.04 bits per heavy atom. The van der Waals surface area contributed by atoms with E-state index in [-0.39, 0.29) is 58.9 Å². The summed E-state index contributed by atoms with van der Waals surface area (Å²) in [5, 5.41) is 3.23. The smallest absolute Gasteiger partial charge is 1.00 e. The molecule has 0 spiro atoms. The predicted molar refractivity (Wildman–Crippen MR) is 101 cm³/mol. The van der Waals surface area contributed by atoms with Gasteiger partial charge in [-0.2, -0.15) is 6.08 Å². The largest absolute Gasteiger partial charge is 4.00 e. The van der Waals surface area contributed by atoms with Crippen LogP contribution in [0.25, 0.3) is 0 Å². The summed E-state index contributed by atoms with van der Waals surface area (Å²) in [4.78, 5) is 0. The molecule has 0 N–H and O–H groups in total. The molecule has 1 atom stereocenters. The first-order valence-corrected chi connectivity index (χ1v) is 11.6. The van der Waals surface area contributed by atoms with Gasteiger partial charge in [0, 0.05) is 0 Å². The quantitative estimate of drug-likeness (QED) is 0.294. The summed E-state index contributed by atoms with van der Waals surface area (Å²) in [6.07, 6.45) is 12.3. The molecular weight excluding hydrogens is 435 g/mol. The molecule has 1 unspecified atom stereocenters. The van der Waals surface area contributed by atoms with Crippen LogP contribution in [0.2, 0.25) is 12.6 Å². The van der Waals surface area contributed by atoms with E-state index < -0.39 is 8.07 Å². The number of rotatable bonds is 7. The molecule has 0 bridgehead atoms. The first-order valence-electron chi connectivity index (χ1n) is 8.90. The average molecular weight is 466 g/mol. The van der Waals surface area contributed by atoms with Crippen LogP contribution in [0, 0.1) is 19.9 Å². The summed E-state index contributed by atoms with van der Waals surface area (Å²) in [6.45, 7) is 11.7. The Bertz CT molecular complexity index is 579. The zero-order valence-electron chi connectivity index (χ0n) is 16.7. The number of benzene rings is 1. The molecule has 1 aromatic carbocycles. The van der Waals surface area contributed by atoms with Crippen molar-refractivity contribution in [2.45, 2.75) is 72.4 Å². The molecule has 2 rings (SSSR count). The molecule has 0 saturated heterocycles. The van der Waals surface area contributed by atoms with Crippen LogP contribution in [-0.2, 0) is 21.7 Å². The first-order chi connectivity index (χ1) is 10.5. The van der Waals surface area contributed by atoms with E-state index in [1.807, 2.05) is 0 Å². The van der Waals surface area contributed by atoms with Crippen molar-refractivity contribution in [3.63, 3.8) is 0 Å². The maximum Gasteiger partial charge on any atom is 4.00 e. The molecule has 0 radical (unpaired) electrons. The predicted octanol–water partition coefficient (Wildman–Crippen LogP) is -3.20. The topological polar surface area (TPSA) is 0 Å². The van der Waals surface area contributed by atoms with E-state index in [0.717, 1.165) is 6.42 Å². The van der Waals surface area contributed by atoms with Gasteiger partial charge in [-0.15, -0.1) is 6.42 Å². The fourth-order valence-electron chi connectivity index (χ4n) is 3.77. The van der Waals surface area contributed by atoms with E-state index in [0.29, 0.717) is 0 Å². The third-order valence-electron chi connectivity index (χ3n) is 4.91. The van der Waals surface area contributed by atoms with Gasteiger partial charge in [0.25, 0.3) is 0 Å². The van der Waals surface area contributed by atoms with Crippen molar-refractivity contribution in [1.29, 1.82) is 0 Å². The van der Waals surface area contributed by atoms with Crippen molar-refractivity contribution in [1.82, 2.24) is 0 Å². The Morgan fingerprint density at radius 2 is 1.54 bits per heavy atom. The Morgan fingerprint density at radius 1 is 0.962 bits per heavy atom. The van der Waals surface area contributed by atoms with Gasteiger partial charge in [-0.25, -0.2) is 10.8 Å². The monoisotopic (exact) mass is 464 g/mol. The van der Waals surface area contributed by atoms with E-state index in [4.69, 9.17) is 0 Å². The third-order valence-corrected chi connectivity index (χ3v) is 9.43. The summed E-state index contributed by atoms with van der Waals surface area (Å²) in [7, 11) is -1.64. The summed E-state index contributed by atoms with van der Waals surface area (Å²) in [6, 6.07) is 8.56. The molecule has 1 aliphatic carbocycles. The maximum absolute atomic E-state index is 3.76. The maximum atomic E-state index is 3.76. The van der Waals surface area contributed by atoms with Crippen LogP contribution in [0.4, 0.5) is 0 Å². The Balaban J connectivity index is -0.00000132. The van der Waals surface area contributed by atoms with Gasteiger partial charge in [0.2, 0.25) is 0 Å². The molecule has 1 aromatic rings. The van der Waals surface area contributed by atoms with Crippen molar-refractivity contribution in [2.24, 2.45) is 0 Å².